The van der Waals surface area contributed by atoms with Crippen LogP contribution < -0.4 is 0 Å². The minimum absolute atomic E-state index is 0.164. The first-order valence-electron chi connectivity index (χ1n) is 5.78. The molecular weight excluding hydrogens is 202 g/mol. The van der Waals surface area contributed by atoms with Crippen LogP contribution in [0.2, 0.25) is 0 Å². The van der Waals surface area contributed by atoms with Crippen molar-refractivity contribution in [3.63, 3.8) is 0 Å². The number of ether oxygens (including phenoxy) is 1. The van der Waals surface area contributed by atoms with Gasteiger partial charge in [-0.05, 0) is 18.4 Å². The third-order valence-electron chi connectivity index (χ3n) is 2.85. The fraction of sp³-hybridized carbons (Fsp3) is 0.462. The van der Waals surface area contributed by atoms with Crippen molar-refractivity contribution in [3.8, 4) is 0 Å². The van der Waals surface area contributed by atoms with Crippen LogP contribution in [0.4, 0.5) is 4.79 Å². The summed E-state index contributed by atoms with van der Waals surface area (Å²) in [5.74, 6) is 0. The monoisotopic (exact) mass is 219 g/mol. The first-order chi connectivity index (χ1) is 7.81. The second kappa shape index (κ2) is 5.01. The topological polar surface area (TPSA) is 29.5 Å². The first kappa shape index (κ1) is 11.0. The lowest BCUT2D eigenvalue weighted by atomic mass is 10.1. The van der Waals surface area contributed by atoms with Gasteiger partial charge in [0.1, 0.15) is 6.61 Å². The van der Waals surface area contributed by atoms with E-state index in [-0.39, 0.29) is 12.1 Å². The van der Waals surface area contributed by atoms with E-state index in [4.69, 9.17) is 4.74 Å². The summed E-state index contributed by atoms with van der Waals surface area (Å²) < 4.78 is 5.09. The van der Waals surface area contributed by atoms with Crippen molar-refractivity contribution in [3.05, 3.63) is 35.9 Å². The Bertz CT molecular complexity index is 350. The first-order valence-corrected chi connectivity index (χ1v) is 5.78. The highest BCUT2D eigenvalue weighted by Crippen LogP contribution is 2.17. The minimum Gasteiger partial charge on any atom is -0.447 e. The quantitative estimate of drug-likeness (QED) is 0.778. The molecule has 0 aliphatic carbocycles. The lowest BCUT2D eigenvalue weighted by Crippen LogP contribution is -2.35. The van der Waals surface area contributed by atoms with Crippen molar-refractivity contribution in [2.75, 3.05) is 13.2 Å². The van der Waals surface area contributed by atoms with Gasteiger partial charge in [0.05, 0.1) is 6.04 Å². The predicted molar refractivity (Wildman–Crippen MR) is 62.3 cm³/mol. The van der Waals surface area contributed by atoms with Gasteiger partial charge < -0.3 is 9.64 Å². The van der Waals surface area contributed by atoms with Crippen molar-refractivity contribution in [1.29, 1.82) is 0 Å². The number of nitrogens with zero attached hydrogens (tertiary/aromatic N) is 1. The summed E-state index contributed by atoms with van der Waals surface area (Å²) >= 11 is 0. The van der Waals surface area contributed by atoms with Crippen LogP contribution in [0.25, 0.3) is 0 Å². The van der Waals surface area contributed by atoms with E-state index < -0.39 is 0 Å². The largest absolute Gasteiger partial charge is 0.447 e. The van der Waals surface area contributed by atoms with Crippen LogP contribution in [0.5, 0.6) is 0 Å². The van der Waals surface area contributed by atoms with Crippen LogP contribution in [0, 0.1) is 0 Å². The Labute approximate surface area is 96.0 Å². The molecule has 1 aliphatic rings. The SMILES string of the molecule is CCCN1C(=O)OCC1Cc1ccccc1. The summed E-state index contributed by atoms with van der Waals surface area (Å²) in [6.45, 7) is 3.38. The Morgan fingerprint density at radius 2 is 2.12 bits per heavy atom. The number of hydrogen-bond acceptors (Lipinski definition) is 2. The predicted octanol–water partition coefficient (Wildman–Crippen LogP) is 2.46. The zero-order valence-corrected chi connectivity index (χ0v) is 9.56. The van der Waals surface area contributed by atoms with E-state index in [0.717, 1.165) is 19.4 Å². The van der Waals surface area contributed by atoms with Crippen LogP contribution in [0.15, 0.2) is 30.3 Å². The molecular formula is C13H17NO2. The molecule has 1 fully saturated rings. The third-order valence-corrected chi connectivity index (χ3v) is 2.85. The summed E-state index contributed by atoms with van der Waals surface area (Å²) in [7, 11) is 0. The molecule has 1 amide bonds. The molecule has 1 atom stereocenters. The molecule has 3 nitrogen and oxygen atoms in total. The number of cyclic esters (lactones) is 1. The number of carbonyl (C=O) groups is 1. The van der Waals surface area contributed by atoms with Crippen LogP contribution >= 0.6 is 0 Å². The minimum atomic E-state index is -0.164. The Morgan fingerprint density at radius 1 is 1.38 bits per heavy atom. The van der Waals surface area contributed by atoms with Gasteiger partial charge in [-0.2, -0.15) is 0 Å². The molecule has 0 saturated carbocycles. The molecule has 1 unspecified atom stereocenters. The molecule has 1 heterocycles. The van der Waals surface area contributed by atoms with Gasteiger partial charge in [-0.25, -0.2) is 4.79 Å². The second-order valence-electron chi connectivity index (χ2n) is 4.11. The molecule has 0 N–H and O–H groups in total. The molecule has 16 heavy (non-hydrogen) atoms. The highest BCUT2D eigenvalue weighted by Gasteiger charge is 2.31. The lowest BCUT2D eigenvalue weighted by Gasteiger charge is -2.20. The molecule has 1 aliphatic heterocycles. The van der Waals surface area contributed by atoms with Gasteiger partial charge in [-0.15, -0.1) is 0 Å². The van der Waals surface area contributed by atoms with E-state index in [1.54, 1.807) is 0 Å². The van der Waals surface area contributed by atoms with Crippen LogP contribution in [-0.4, -0.2) is 30.2 Å². The standard InChI is InChI=1S/C13H17NO2/c1-2-8-14-12(10-16-13(14)15)9-11-6-4-3-5-7-11/h3-7,12H,2,8-10H2,1H3. The van der Waals surface area contributed by atoms with E-state index >= 15 is 0 Å². The third kappa shape index (κ3) is 2.35. The molecule has 0 radical (unpaired) electrons. The average molecular weight is 219 g/mol. The maximum absolute atomic E-state index is 11.5. The maximum atomic E-state index is 11.5. The van der Waals surface area contributed by atoms with Gasteiger partial charge in [-0.1, -0.05) is 37.3 Å². The molecule has 86 valence electrons. The van der Waals surface area contributed by atoms with Gasteiger partial charge in [-0.3, -0.25) is 0 Å². The van der Waals surface area contributed by atoms with Crippen molar-refractivity contribution < 1.29 is 9.53 Å². The second-order valence-corrected chi connectivity index (χ2v) is 4.11. The van der Waals surface area contributed by atoms with E-state index in [2.05, 4.69) is 19.1 Å². The van der Waals surface area contributed by atoms with E-state index in [1.807, 2.05) is 23.1 Å². The summed E-state index contributed by atoms with van der Waals surface area (Å²) in [5, 5.41) is 0. The van der Waals surface area contributed by atoms with Crippen molar-refractivity contribution >= 4 is 6.09 Å². The maximum Gasteiger partial charge on any atom is 0.410 e. The Kier molecular flexibility index (Phi) is 3.44. The fourth-order valence-corrected chi connectivity index (χ4v) is 2.06. The van der Waals surface area contributed by atoms with Gasteiger partial charge in [0.15, 0.2) is 0 Å². The highest BCUT2D eigenvalue weighted by molar-refractivity contribution is 5.70. The number of carbonyl (C=O) groups excluding carboxylic acids is 1. The van der Waals surface area contributed by atoms with Crippen molar-refractivity contribution in [2.24, 2.45) is 0 Å². The summed E-state index contributed by atoms with van der Waals surface area (Å²) in [4.78, 5) is 13.3. The molecule has 0 spiro atoms. The van der Waals surface area contributed by atoms with Gasteiger partial charge in [0.25, 0.3) is 0 Å². The Balaban J connectivity index is 2.01. The van der Waals surface area contributed by atoms with Gasteiger partial charge >= 0.3 is 6.09 Å². The van der Waals surface area contributed by atoms with Gasteiger partial charge in [0.2, 0.25) is 0 Å². The lowest BCUT2D eigenvalue weighted by molar-refractivity contribution is 0.157. The zero-order chi connectivity index (χ0) is 11.4. The molecule has 2 rings (SSSR count). The summed E-state index contributed by atoms with van der Waals surface area (Å²) in [6.07, 6.45) is 1.69. The van der Waals surface area contributed by atoms with Crippen LogP contribution in [0.1, 0.15) is 18.9 Å². The van der Waals surface area contributed by atoms with Crippen molar-refractivity contribution in [1.82, 2.24) is 4.90 Å². The fourth-order valence-electron chi connectivity index (χ4n) is 2.06. The zero-order valence-electron chi connectivity index (χ0n) is 9.56. The van der Waals surface area contributed by atoms with Crippen LogP contribution in [-0.2, 0) is 11.2 Å². The van der Waals surface area contributed by atoms with Gasteiger partial charge in [0, 0.05) is 6.54 Å². The van der Waals surface area contributed by atoms with E-state index in [1.165, 1.54) is 5.56 Å². The molecule has 0 aromatic heterocycles. The number of amides is 1. The highest BCUT2D eigenvalue weighted by atomic mass is 16.6. The number of benzene rings is 1. The van der Waals surface area contributed by atoms with E-state index in [9.17, 15) is 4.79 Å². The molecule has 3 heteroatoms. The number of rotatable bonds is 4. The van der Waals surface area contributed by atoms with Crippen LogP contribution in [0.3, 0.4) is 0 Å². The average Bonchev–Trinajstić information content (AvgIpc) is 2.64. The van der Waals surface area contributed by atoms with E-state index in [0.29, 0.717) is 6.61 Å². The Morgan fingerprint density at radius 3 is 2.81 bits per heavy atom. The molecule has 1 aromatic rings. The Hall–Kier alpha value is -1.51. The summed E-state index contributed by atoms with van der Waals surface area (Å²) in [5.41, 5.74) is 1.26. The smallest absolute Gasteiger partial charge is 0.410 e. The normalized spacial score (nSPS) is 19.9. The summed E-state index contributed by atoms with van der Waals surface area (Å²) in [6, 6.07) is 10.4. The number of hydrogen-bond donors (Lipinski definition) is 0. The molecule has 0 bridgehead atoms. The molecule has 1 aromatic carbocycles. The molecule has 1 saturated heterocycles. The van der Waals surface area contributed by atoms with Crippen molar-refractivity contribution in [2.45, 2.75) is 25.8 Å².